The van der Waals surface area contributed by atoms with Crippen molar-refractivity contribution in [1.29, 1.82) is 5.26 Å². The third kappa shape index (κ3) is 5.11. The molecule has 2 aromatic rings. The molecule has 0 aromatic heterocycles. The van der Waals surface area contributed by atoms with E-state index in [4.69, 9.17) is 19.5 Å². The molecule has 0 saturated carbocycles. The van der Waals surface area contributed by atoms with E-state index in [9.17, 15) is 9.18 Å². The first-order valence-corrected chi connectivity index (χ1v) is 7.87. The van der Waals surface area contributed by atoms with Crippen molar-refractivity contribution in [2.45, 2.75) is 0 Å². The molecular formula is C19H19FN2O4. The van der Waals surface area contributed by atoms with Gasteiger partial charge in [-0.15, -0.1) is 0 Å². The maximum atomic E-state index is 13.4. The Kier molecular flexibility index (Phi) is 6.80. The largest absolute Gasteiger partial charge is 0.493 e. The number of rotatable bonds is 8. The SMILES string of the molecule is COc1cc(C#N)ccc1OCC(=O)N(C)CCOc1ccccc1F. The number of halogens is 1. The molecule has 0 radical (unpaired) electrons. The fraction of sp³-hybridized carbons (Fsp3) is 0.263. The van der Waals surface area contributed by atoms with Crippen molar-refractivity contribution in [2.75, 3.05) is 33.9 Å². The second-order valence-electron chi connectivity index (χ2n) is 5.36. The van der Waals surface area contributed by atoms with Crippen LogP contribution in [0.2, 0.25) is 0 Å². The Bertz CT molecular complexity index is 804. The van der Waals surface area contributed by atoms with E-state index in [0.29, 0.717) is 17.1 Å². The van der Waals surface area contributed by atoms with Gasteiger partial charge in [0.25, 0.3) is 5.91 Å². The van der Waals surface area contributed by atoms with E-state index in [-0.39, 0.29) is 31.4 Å². The minimum atomic E-state index is -0.447. The van der Waals surface area contributed by atoms with Crippen molar-refractivity contribution >= 4 is 5.91 Å². The van der Waals surface area contributed by atoms with Crippen molar-refractivity contribution in [3.8, 4) is 23.3 Å². The van der Waals surface area contributed by atoms with Crippen LogP contribution >= 0.6 is 0 Å². The Morgan fingerprint density at radius 3 is 2.62 bits per heavy atom. The number of hydrogen-bond donors (Lipinski definition) is 0. The van der Waals surface area contributed by atoms with Crippen LogP contribution in [-0.2, 0) is 4.79 Å². The van der Waals surface area contributed by atoms with E-state index in [2.05, 4.69) is 0 Å². The van der Waals surface area contributed by atoms with Gasteiger partial charge in [0.1, 0.15) is 6.61 Å². The number of nitrogens with zero attached hydrogens (tertiary/aromatic N) is 2. The van der Waals surface area contributed by atoms with Gasteiger partial charge in [-0.2, -0.15) is 5.26 Å². The second-order valence-corrected chi connectivity index (χ2v) is 5.36. The molecule has 6 nitrogen and oxygen atoms in total. The van der Waals surface area contributed by atoms with Gasteiger partial charge in [-0.25, -0.2) is 4.39 Å². The van der Waals surface area contributed by atoms with Gasteiger partial charge in [0.05, 0.1) is 25.3 Å². The van der Waals surface area contributed by atoms with Gasteiger partial charge < -0.3 is 19.1 Å². The van der Waals surface area contributed by atoms with E-state index in [1.54, 1.807) is 31.3 Å². The molecule has 0 aliphatic heterocycles. The molecule has 0 atom stereocenters. The molecule has 7 heteroatoms. The highest BCUT2D eigenvalue weighted by Crippen LogP contribution is 2.27. The predicted octanol–water partition coefficient (Wildman–Crippen LogP) is 2.62. The quantitative estimate of drug-likeness (QED) is 0.725. The van der Waals surface area contributed by atoms with E-state index >= 15 is 0 Å². The van der Waals surface area contributed by atoms with Gasteiger partial charge in [-0.3, -0.25) is 4.79 Å². The van der Waals surface area contributed by atoms with Crippen molar-refractivity contribution in [3.63, 3.8) is 0 Å². The third-order valence-electron chi connectivity index (χ3n) is 3.59. The standard InChI is InChI=1S/C19H19FN2O4/c1-22(9-10-25-16-6-4-3-5-15(16)20)19(23)13-26-17-8-7-14(12-21)11-18(17)24-2/h3-8,11H,9-10,13H2,1-2H3. The minimum absolute atomic E-state index is 0.145. The molecule has 0 heterocycles. The summed E-state index contributed by atoms with van der Waals surface area (Å²) in [6.07, 6.45) is 0. The molecule has 0 N–H and O–H groups in total. The van der Waals surface area contributed by atoms with Crippen LogP contribution in [0.15, 0.2) is 42.5 Å². The van der Waals surface area contributed by atoms with Crippen molar-refractivity contribution in [1.82, 2.24) is 4.90 Å². The second kappa shape index (κ2) is 9.28. The molecule has 26 heavy (non-hydrogen) atoms. The van der Waals surface area contributed by atoms with Crippen LogP contribution in [0.1, 0.15) is 5.56 Å². The van der Waals surface area contributed by atoms with E-state index < -0.39 is 5.82 Å². The number of likely N-dealkylation sites (N-methyl/N-ethyl adjacent to an activating group) is 1. The van der Waals surface area contributed by atoms with Crippen LogP contribution in [0, 0.1) is 17.1 Å². The number of ether oxygens (including phenoxy) is 3. The van der Waals surface area contributed by atoms with E-state index in [0.717, 1.165) is 0 Å². The van der Waals surface area contributed by atoms with Gasteiger partial charge in [0, 0.05) is 13.1 Å². The zero-order valence-corrected chi connectivity index (χ0v) is 14.6. The Morgan fingerprint density at radius 1 is 1.15 bits per heavy atom. The first-order valence-electron chi connectivity index (χ1n) is 7.87. The lowest BCUT2D eigenvalue weighted by Gasteiger charge is -2.18. The molecule has 2 rings (SSSR count). The summed E-state index contributed by atoms with van der Waals surface area (Å²) in [7, 11) is 3.06. The van der Waals surface area contributed by atoms with Gasteiger partial charge >= 0.3 is 0 Å². The van der Waals surface area contributed by atoms with E-state index in [1.165, 1.54) is 30.2 Å². The molecule has 1 amide bonds. The smallest absolute Gasteiger partial charge is 0.260 e. The van der Waals surface area contributed by atoms with Gasteiger partial charge in [0.2, 0.25) is 0 Å². The third-order valence-corrected chi connectivity index (χ3v) is 3.59. The van der Waals surface area contributed by atoms with Crippen LogP contribution in [0.4, 0.5) is 4.39 Å². The highest BCUT2D eigenvalue weighted by molar-refractivity contribution is 5.77. The summed E-state index contributed by atoms with van der Waals surface area (Å²) in [5, 5.41) is 8.88. The maximum absolute atomic E-state index is 13.4. The number of carbonyl (C=O) groups is 1. The van der Waals surface area contributed by atoms with Gasteiger partial charge in [-0.1, -0.05) is 12.1 Å². The summed E-state index contributed by atoms with van der Waals surface area (Å²) in [4.78, 5) is 13.6. The lowest BCUT2D eigenvalue weighted by atomic mass is 10.2. The van der Waals surface area contributed by atoms with Crippen LogP contribution in [0.5, 0.6) is 17.2 Å². The van der Waals surface area contributed by atoms with Crippen LogP contribution in [0.3, 0.4) is 0 Å². The Morgan fingerprint density at radius 2 is 1.92 bits per heavy atom. The maximum Gasteiger partial charge on any atom is 0.260 e. The zero-order valence-electron chi connectivity index (χ0n) is 14.6. The molecule has 0 aliphatic rings. The monoisotopic (exact) mass is 358 g/mol. The molecule has 0 saturated heterocycles. The number of benzene rings is 2. The summed E-state index contributed by atoms with van der Waals surface area (Å²) in [5.41, 5.74) is 0.433. The highest BCUT2D eigenvalue weighted by Gasteiger charge is 2.13. The Hall–Kier alpha value is -3.27. The van der Waals surface area contributed by atoms with Crippen molar-refractivity contribution in [3.05, 3.63) is 53.8 Å². The van der Waals surface area contributed by atoms with E-state index in [1.807, 2.05) is 6.07 Å². The average Bonchev–Trinajstić information content (AvgIpc) is 2.67. The van der Waals surface area contributed by atoms with Crippen LogP contribution in [-0.4, -0.2) is 44.7 Å². The fourth-order valence-corrected chi connectivity index (χ4v) is 2.09. The summed E-state index contributed by atoms with van der Waals surface area (Å²) < 4.78 is 29.4. The van der Waals surface area contributed by atoms with Gasteiger partial charge in [-0.05, 0) is 24.3 Å². The molecule has 0 aliphatic carbocycles. The number of nitriles is 1. The van der Waals surface area contributed by atoms with Gasteiger partial charge in [0.15, 0.2) is 29.7 Å². The first kappa shape index (κ1) is 19.1. The Labute approximate surface area is 151 Å². The molecule has 0 fully saturated rings. The molecule has 0 bridgehead atoms. The number of amides is 1. The zero-order chi connectivity index (χ0) is 18.9. The minimum Gasteiger partial charge on any atom is -0.493 e. The summed E-state index contributed by atoms with van der Waals surface area (Å²) in [6.45, 7) is 0.239. The summed E-state index contributed by atoms with van der Waals surface area (Å²) in [6, 6.07) is 12.8. The number of para-hydroxylation sites is 1. The number of methoxy groups -OCH3 is 1. The van der Waals surface area contributed by atoms with Crippen LogP contribution in [0.25, 0.3) is 0 Å². The lowest BCUT2D eigenvalue weighted by Crippen LogP contribution is -2.34. The number of carbonyl (C=O) groups excluding carboxylic acids is 1. The highest BCUT2D eigenvalue weighted by atomic mass is 19.1. The van der Waals surface area contributed by atoms with Crippen LogP contribution < -0.4 is 14.2 Å². The normalized spacial score (nSPS) is 9.92. The summed E-state index contributed by atoms with van der Waals surface area (Å²) >= 11 is 0. The predicted molar refractivity (Wildman–Crippen MR) is 92.7 cm³/mol. The average molecular weight is 358 g/mol. The summed E-state index contributed by atoms with van der Waals surface area (Å²) in [5.74, 6) is 0.177. The fourth-order valence-electron chi connectivity index (χ4n) is 2.09. The van der Waals surface area contributed by atoms with Crippen molar-refractivity contribution in [2.24, 2.45) is 0 Å². The first-order chi connectivity index (χ1) is 12.5. The molecule has 136 valence electrons. The topological polar surface area (TPSA) is 71.8 Å². The lowest BCUT2D eigenvalue weighted by molar-refractivity contribution is -0.132. The number of hydrogen-bond acceptors (Lipinski definition) is 5. The Balaban J connectivity index is 1.82. The molecule has 0 unspecified atom stereocenters. The molecule has 0 spiro atoms. The molecule has 2 aromatic carbocycles. The van der Waals surface area contributed by atoms with Crippen molar-refractivity contribution < 1.29 is 23.4 Å². The molecular weight excluding hydrogens is 339 g/mol.